The molecular weight excluding hydrogens is 358 g/mol. The van der Waals surface area contributed by atoms with Gasteiger partial charge in [0.05, 0.1) is 4.88 Å². The van der Waals surface area contributed by atoms with E-state index in [0.717, 1.165) is 13.0 Å². The van der Waals surface area contributed by atoms with Crippen LogP contribution in [-0.4, -0.2) is 36.3 Å². The van der Waals surface area contributed by atoms with Crippen LogP contribution < -0.4 is 11.1 Å². The van der Waals surface area contributed by atoms with Crippen LogP contribution in [0, 0.1) is 5.41 Å². The van der Waals surface area contributed by atoms with Crippen LogP contribution >= 0.6 is 23.7 Å². The Balaban J connectivity index is 0.00000225. The summed E-state index contributed by atoms with van der Waals surface area (Å²) in [6.07, 6.45) is 0.921. The van der Waals surface area contributed by atoms with Crippen LogP contribution in [0.5, 0.6) is 0 Å². The van der Waals surface area contributed by atoms with E-state index in [4.69, 9.17) is 5.73 Å². The van der Waals surface area contributed by atoms with Crippen LogP contribution in [-0.2, 0) is 0 Å². The van der Waals surface area contributed by atoms with E-state index in [2.05, 4.69) is 12.2 Å². The van der Waals surface area contributed by atoms with Gasteiger partial charge in [0.1, 0.15) is 0 Å². The number of nitrogens with one attached hydrogen (secondary N) is 1. The molecule has 0 spiro atoms. The third kappa shape index (κ3) is 4.39. The summed E-state index contributed by atoms with van der Waals surface area (Å²) in [6, 6.07) is 10.7. The van der Waals surface area contributed by atoms with E-state index in [-0.39, 0.29) is 29.6 Å². The van der Waals surface area contributed by atoms with Crippen molar-refractivity contribution in [1.29, 1.82) is 0 Å². The first-order valence-electron chi connectivity index (χ1n) is 7.95. The molecule has 7 heteroatoms. The average molecular weight is 380 g/mol. The molecule has 0 aliphatic carbocycles. The third-order valence-electron chi connectivity index (χ3n) is 4.45. The molecule has 0 bridgehead atoms. The topological polar surface area (TPSA) is 75.4 Å². The van der Waals surface area contributed by atoms with Crippen LogP contribution in [0.15, 0.2) is 41.8 Å². The molecule has 2 amide bonds. The summed E-state index contributed by atoms with van der Waals surface area (Å²) in [6.45, 7) is 4.08. The molecule has 1 saturated heterocycles. The predicted molar refractivity (Wildman–Crippen MR) is 104 cm³/mol. The molecule has 1 aliphatic rings. The molecular formula is C18H22ClN3O2S. The van der Waals surface area contributed by atoms with Gasteiger partial charge >= 0.3 is 0 Å². The van der Waals surface area contributed by atoms with Gasteiger partial charge in [-0.1, -0.05) is 19.1 Å². The largest absolute Gasteiger partial charge is 0.338 e. The lowest BCUT2D eigenvalue weighted by Gasteiger charge is -2.22. The van der Waals surface area contributed by atoms with Gasteiger partial charge in [-0.3, -0.25) is 9.59 Å². The Kier molecular flexibility index (Phi) is 6.21. The maximum atomic E-state index is 12.7. The Hall–Kier alpha value is -1.89. The molecule has 1 atom stereocenters. The number of halogens is 1. The van der Waals surface area contributed by atoms with Crippen molar-refractivity contribution in [2.75, 3.05) is 25.0 Å². The summed E-state index contributed by atoms with van der Waals surface area (Å²) in [5.41, 5.74) is 7.02. The first-order valence-corrected chi connectivity index (χ1v) is 8.83. The predicted octanol–water partition coefficient (Wildman–Crippen LogP) is 3.23. The number of thiophene rings is 1. The van der Waals surface area contributed by atoms with Crippen molar-refractivity contribution < 1.29 is 9.59 Å². The van der Waals surface area contributed by atoms with Crippen LogP contribution in [0.4, 0.5) is 5.69 Å². The third-order valence-corrected chi connectivity index (χ3v) is 5.32. The molecule has 0 saturated carbocycles. The standard InChI is InChI=1S/C18H21N3O2S.ClH/c1-18(11-19)7-8-21(12-18)17(23)13-4-2-5-14(10-13)20-16(22)15-6-3-9-24-15;/h2-6,9-10H,7-8,11-12,19H2,1H3,(H,20,22);1H. The van der Waals surface area contributed by atoms with E-state index < -0.39 is 0 Å². The number of nitrogens with zero attached hydrogens (tertiary/aromatic N) is 1. The number of nitrogens with two attached hydrogens (primary N) is 1. The van der Waals surface area contributed by atoms with Crippen molar-refractivity contribution in [1.82, 2.24) is 4.90 Å². The lowest BCUT2D eigenvalue weighted by atomic mass is 9.90. The van der Waals surface area contributed by atoms with Gasteiger partial charge in [0.15, 0.2) is 0 Å². The number of hydrogen-bond donors (Lipinski definition) is 2. The van der Waals surface area contributed by atoms with Crippen molar-refractivity contribution in [2.24, 2.45) is 11.1 Å². The van der Waals surface area contributed by atoms with E-state index in [1.807, 2.05) is 16.3 Å². The molecule has 1 aromatic heterocycles. The average Bonchev–Trinajstić information content (AvgIpc) is 3.25. The maximum Gasteiger partial charge on any atom is 0.265 e. The highest BCUT2D eigenvalue weighted by Gasteiger charge is 2.35. The molecule has 3 rings (SSSR count). The Morgan fingerprint density at radius 1 is 1.32 bits per heavy atom. The number of hydrogen-bond acceptors (Lipinski definition) is 4. The summed E-state index contributed by atoms with van der Waals surface area (Å²) in [5, 5.41) is 4.70. The van der Waals surface area contributed by atoms with Crippen molar-refractivity contribution in [3.8, 4) is 0 Å². The van der Waals surface area contributed by atoms with Crippen molar-refractivity contribution in [2.45, 2.75) is 13.3 Å². The van der Waals surface area contributed by atoms with Crippen LogP contribution in [0.2, 0.25) is 0 Å². The Morgan fingerprint density at radius 3 is 2.76 bits per heavy atom. The maximum absolute atomic E-state index is 12.7. The minimum atomic E-state index is -0.161. The zero-order valence-corrected chi connectivity index (χ0v) is 15.7. The lowest BCUT2D eigenvalue weighted by Crippen LogP contribution is -2.34. The number of likely N-dealkylation sites (tertiary alicyclic amines) is 1. The molecule has 0 radical (unpaired) electrons. The van der Waals surface area contributed by atoms with Gasteiger partial charge in [0.25, 0.3) is 11.8 Å². The molecule has 1 unspecified atom stereocenters. The molecule has 2 aromatic rings. The van der Waals surface area contributed by atoms with E-state index in [1.54, 1.807) is 30.3 Å². The molecule has 1 aliphatic heterocycles. The number of amides is 2. The fourth-order valence-electron chi connectivity index (χ4n) is 2.88. The van der Waals surface area contributed by atoms with Crippen LogP contribution in [0.25, 0.3) is 0 Å². The van der Waals surface area contributed by atoms with E-state index in [1.165, 1.54) is 11.3 Å². The SMILES string of the molecule is CC1(CN)CCN(C(=O)c2cccc(NC(=O)c3cccs3)c2)C1.Cl. The fraction of sp³-hybridized carbons (Fsp3) is 0.333. The van der Waals surface area contributed by atoms with Gasteiger partial charge in [-0.15, -0.1) is 23.7 Å². The number of benzene rings is 1. The van der Waals surface area contributed by atoms with Gasteiger partial charge in [0.2, 0.25) is 0 Å². The summed E-state index contributed by atoms with van der Waals surface area (Å²) < 4.78 is 0. The van der Waals surface area contributed by atoms with E-state index >= 15 is 0 Å². The lowest BCUT2D eigenvalue weighted by molar-refractivity contribution is 0.0776. The molecule has 25 heavy (non-hydrogen) atoms. The smallest absolute Gasteiger partial charge is 0.265 e. The highest BCUT2D eigenvalue weighted by molar-refractivity contribution is 7.12. The van der Waals surface area contributed by atoms with Gasteiger partial charge in [-0.2, -0.15) is 0 Å². The van der Waals surface area contributed by atoms with Crippen molar-refractivity contribution >= 4 is 41.2 Å². The van der Waals surface area contributed by atoms with Crippen molar-refractivity contribution in [3.63, 3.8) is 0 Å². The second-order valence-corrected chi connectivity index (χ2v) is 7.45. The summed E-state index contributed by atoms with van der Waals surface area (Å²) in [4.78, 5) is 27.3. The van der Waals surface area contributed by atoms with Gasteiger partial charge < -0.3 is 16.0 Å². The Bertz CT molecular complexity index is 751. The van der Waals surface area contributed by atoms with E-state index in [9.17, 15) is 9.59 Å². The van der Waals surface area contributed by atoms with Crippen LogP contribution in [0.1, 0.15) is 33.4 Å². The second kappa shape index (κ2) is 7.99. The molecule has 3 N–H and O–H groups in total. The van der Waals surface area contributed by atoms with Gasteiger partial charge in [0, 0.05) is 24.3 Å². The molecule has 2 heterocycles. The number of anilines is 1. The molecule has 5 nitrogen and oxygen atoms in total. The van der Waals surface area contributed by atoms with Crippen molar-refractivity contribution in [3.05, 3.63) is 52.2 Å². The number of carbonyl (C=O) groups excluding carboxylic acids is 2. The van der Waals surface area contributed by atoms with Gasteiger partial charge in [-0.25, -0.2) is 0 Å². The zero-order valence-electron chi connectivity index (χ0n) is 14.0. The fourth-order valence-corrected chi connectivity index (χ4v) is 3.50. The van der Waals surface area contributed by atoms with Gasteiger partial charge in [-0.05, 0) is 48.0 Å². The Morgan fingerprint density at radius 2 is 2.12 bits per heavy atom. The first-order chi connectivity index (χ1) is 11.5. The monoisotopic (exact) mass is 379 g/mol. The van der Waals surface area contributed by atoms with E-state index in [0.29, 0.717) is 29.2 Å². The number of rotatable bonds is 4. The minimum absolute atomic E-state index is 0. The quantitative estimate of drug-likeness (QED) is 0.856. The molecule has 134 valence electrons. The normalized spacial score (nSPS) is 19.4. The Labute approximate surface area is 157 Å². The zero-order chi connectivity index (χ0) is 17.2. The first kappa shape index (κ1) is 19.4. The summed E-state index contributed by atoms with van der Waals surface area (Å²) in [5.74, 6) is -0.175. The second-order valence-electron chi connectivity index (χ2n) is 6.50. The molecule has 1 fully saturated rings. The number of carbonyl (C=O) groups is 2. The summed E-state index contributed by atoms with van der Waals surface area (Å²) in [7, 11) is 0. The minimum Gasteiger partial charge on any atom is -0.338 e. The summed E-state index contributed by atoms with van der Waals surface area (Å²) >= 11 is 1.38. The van der Waals surface area contributed by atoms with Crippen LogP contribution in [0.3, 0.4) is 0 Å². The highest BCUT2D eigenvalue weighted by atomic mass is 35.5. The molecule has 1 aromatic carbocycles. The highest BCUT2D eigenvalue weighted by Crippen LogP contribution is 2.29.